The predicted molar refractivity (Wildman–Crippen MR) is 103 cm³/mol. The van der Waals surface area contributed by atoms with Crippen molar-refractivity contribution < 1.29 is 13.6 Å². The smallest absolute Gasteiger partial charge is 0.234 e. The number of hydrogen-bond acceptors (Lipinski definition) is 3. The molecule has 1 N–H and O–H groups in total. The van der Waals surface area contributed by atoms with Gasteiger partial charge in [-0.15, -0.1) is 11.3 Å². The molecule has 27 heavy (non-hydrogen) atoms. The molecular weight excluding hydrogens is 366 g/mol. The fourth-order valence-electron chi connectivity index (χ4n) is 2.85. The van der Waals surface area contributed by atoms with E-state index in [1.807, 2.05) is 17.5 Å². The van der Waals surface area contributed by atoms with Crippen molar-refractivity contribution in [2.45, 2.75) is 12.6 Å². The fourth-order valence-corrected chi connectivity index (χ4v) is 3.66. The highest BCUT2D eigenvalue weighted by atomic mass is 32.1. The van der Waals surface area contributed by atoms with Crippen LogP contribution in [-0.2, 0) is 11.3 Å². The van der Waals surface area contributed by atoms with Gasteiger partial charge in [0.1, 0.15) is 11.6 Å². The highest BCUT2D eigenvalue weighted by molar-refractivity contribution is 7.10. The van der Waals surface area contributed by atoms with Crippen molar-refractivity contribution in [2.75, 3.05) is 13.6 Å². The van der Waals surface area contributed by atoms with Crippen molar-refractivity contribution in [1.82, 2.24) is 10.2 Å². The molecule has 0 saturated heterocycles. The number of carbonyl (C=O) groups excluding carboxylic acids is 1. The van der Waals surface area contributed by atoms with Gasteiger partial charge in [0, 0.05) is 17.0 Å². The zero-order valence-corrected chi connectivity index (χ0v) is 15.7. The summed E-state index contributed by atoms with van der Waals surface area (Å²) in [5.74, 6) is -0.788. The summed E-state index contributed by atoms with van der Waals surface area (Å²) in [6.07, 6.45) is 0. The fraction of sp³-hybridized carbons (Fsp3) is 0.190. The molecular formula is C21H20F2N2OS. The molecule has 1 atom stereocenters. The number of thiophene rings is 1. The summed E-state index contributed by atoms with van der Waals surface area (Å²) in [5.41, 5.74) is 1.35. The molecule has 1 amide bonds. The molecule has 0 saturated carbocycles. The summed E-state index contributed by atoms with van der Waals surface area (Å²) in [6, 6.07) is 16.1. The molecule has 0 aliphatic carbocycles. The quantitative estimate of drug-likeness (QED) is 0.654. The molecule has 3 nitrogen and oxygen atoms in total. The molecule has 6 heteroatoms. The van der Waals surface area contributed by atoms with E-state index in [9.17, 15) is 13.6 Å². The molecule has 1 aromatic heterocycles. The number of nitrogens with one attached hydrogen (secondary N) is 1. The Morgan fingerprint density at radius 2 is 1.81 bits per heavy atom. The van der Waals surface area contributed by atoms with Crippen molar-refractivity contribution in [3.63, 3.8) is 0 Å². The van der Waals surface area contributed by atoms with Crippen LogP contribution in [0.4, 0.5) is 8.78 Å². The SMILES string of the molecule is CN(CC(=O)N[C@H](c1ccc(F)cc1)c1cccs1)Cc1ccccc1F. The van der Waals surface area contributed by atoms with Gasteiger partial charge in [0.25, 0.3) is 0 Å². The van der Waals surface area contributed by atoms with E-state index in [1.165, 1.54) is 29.5 Å². The second-order valence-electron chi connectivity index (χ2n) is 6.33. The third-order valence-corrected chi connectivity index (χ3v) is 5.09. The first-order valence-electron chi connectivity index (χ1n) is 8.53. The lowest BCUT2D eigenvalue weighted by atomic mass is 10.1. The number of likely N-dealkylation sites (N-methyl/N-ethyl adjacent to an activating group) is 1. The van der Waals surface area contributed by atoms with E-state index < -0.39 is 0 Å². The zero-order chi connectivity index (χ0) is 19.2. The minimum atomic E-state index is -0.347. The largest absolute Gasteiger partial charge is 0.343 e. The van der Waals surface area contributed by atoms with E-state index in [0.717, 1.165) is 10.4 Å². The molecule has 0 aliphatic rings. The Morgan fingerprint density at radius 3 is 2.48 bits per heavy atom. The van der Waals surface area contributed by atoms with Crippen LogP contribution in [0.1, 0.15) is 22.0 Å². The van der Waals surface area contributed by atoms with Crippen LogP contribution >= 0.6 is 11.3 Å². The molecule has 2 aromatic carbocycles. The lowest BCUT2D eigenvalue weighted by molar-refractivity contribution is -0.122. The highest BCUT2D eigenvalue weighted by Gasteiger charge is 2.19. The maximum absolute atomic E-state index is 13.8. The molecule has 3 aromatic rings. The Bertz CT molecular complexity index is 881. The first-order valence-corrected chi connectivity index (χ1v) is 9.41. The zero-order valence-electron chi connectivity index (χ0n) is 14.9. The van der Waals surface area contributed by atoms with Crippen molar-refractivity contribution in [3.05, 3.63) is 93.7 Å². The number of amides is 1. The molecule has 0 radical (unpaired) electrons. The second kappa shape index (κ2) is 8.88. The van der Waals surface area contributed by atoms with Crippen LogP contribution in [0.15, 0.2) is 66.0 Å². The number of halogens is 2. The number of benzene rings is 2. The van der Waals surface area contributed by atoms with Crippen molar-refractivity contribution in [1.29, 1.82) is 0 Å². The topological polar surface area (TPSA) is 32.3 Å². The summed E-state index contributed by atoms with van der Waals surface area (Å²) in [4.78, 5) is 15.3. The number of rotatable bonds is 7. The van der Waals surface area contributed by atoms with Crippen molar-refractivity contribution >= 4 is 17.2 Å². The summed E-state index contributed by atoms with van der Waals surface area (Å²) in [7, 11) is 1.77. The van der Waals surface area contributed by atoms with E-state index in [2.05, 4.69) is 5.32 Å². The third-order valence-electron chi connectivity index (χ3n) is 4.15. The van der Waals surface area contributed by atoms with Gasteiger partial charge in [-0.05, 0) is 42.3 Å². The first kappa shape index (κ1) is 19.2. The molecule has 0 bridgehead atoms. The standard InChI is InChI=1S/C21H20F2N2OS/c1-25(13-16-5-2-3-6-18(16)23)14-20(26)24-21(19-7-4-12-27-19)15-8-10-17(22)11-9-15/h2-12,21H,13-14H2,1H3,(H,24,26)/t21-/m1/s1. The van der Waals surface area contributed by atoms with Crippen molar-refractivity contribution in [3.8, 4) is 0 Å². The van der Waals surface area contributed by atoms with Crippen molar-refractivity contribution in [2.24, 2.45) is 0 Å². The van der Waals surface area contributed by atoms with E-state index >= 15 is 0 Å². The van der Waals surface area contributed by atoms with Gasteiger partial charge >= 0.3 is 0 Å². The van der Waals surface area contributed by atoms with Crippen LogP contribution in [0.5, 0.6) is 0 Å². The Labute approximate surface area is 161 Å². The summed E-state index contributed by atoms with van der Waals surface area (Å²) >= 11 is 1.52. The van der Waals surface area contributed by atoms with Gasteiger partial charge in [0.2, 0.25) is 5.91 Å². The average molecular weight is 386 g/mol. The third kappa shape index (κ3) is 5.21. The van der Waals surface area contributed by atoms with Gasteiger partial charge in [-0.3, -0.25) is 9.69 Å². The van der Waals surface area contributed by atoms with Crippen LogP contribution < -0.4 is 5.32 Å². The van der Waals surface area contributed by atoms with E-state index in [1.54, 1.807) is 42.3 Å². The summed E-state index contributed by atoms with van der Waals surface area (Å²) in [6.45, 7) is 0.456. The number of carbonyl (C=O) groups is 1. The van der Waals surface area contributed by atoms with Crippen LogP contribution in [0, 0.1) is 11.6 Å². The summed E-state index contributed by atoms with van der Waals surface area (Å²) < 4.78 is 27.0. The normalized spacial score (nSPS) is 12.1. The van der Waals surface area contributed by atoms with Gasteiger partial charge in [0.05, 0.1) is 12.6 Å². The van der Waals surface area contributed by atoms with E-state index in [4.69, 9.17) is 0 Å². The Hall–Kier alpha value is -2.57. The Kier molecular flexibility index (Phi) is 6.32. The minimum absolute atomic E-state index is 0.122. The van der Waals surface area contributed by atoms with E-state index in [-0.39, 0.29) is 30.1 Å². The van der Waals surface area contributed by atoms with Crippen LogP contribution in [0.3, 0.4) is 0 Å². The summed E-state index contributed by atoms with van der Waals surface area (Å²) in [5, 5.41) is 4.93. The Balaban J connectivity index is 1.67. The number of hydrogen-bond donors (Lipinski definition) is 1. The molecule has 0 unspecified atom stereocenters. The molecule has 140 valence electrons. The molecule has 0 spiro atoms. The maximum Gasteiger partial charge on any atom is 0.234 e. The molecule has 3 rings (SSSR count). The van der Waals surface area contributed by atoms with Gasteiger partial charge in [-0.25, -0.2) is 8.78 Å². The minimum Gasteiger partial charge on any atom is -0.343 e. The van der Waals surface area contributed by atoms with Crippen LogP contribution in [0.25, 0.3) is 0 Å². The van der Waals surface area contributed by atoms with Gasteiger partial charge in [-0.1, -0.05) is 36.4 Å². The van der Waals surface area contributed by atoms with Gasteiger partial charge < -0.3 is 5.32 Å². The van der Waals surface area contributed by atoms with Crippen LogP contribution in [0.2, 0.25) is 0 Å². The van der Waals surface area contributed by atoms with Gasteiger partial charge in [0.15, 0.2) is 0 Å². The first-order chi connectivity index (χ1) is 13.0. The van der Waals surface area contributed by atoms with E-state index in [0.29, 0.717) is 12.1 Å². The monoisotopic (exact) mass is 386 g/mol. The van der Waals surface area contributed by atoms with Crippen LogP contribution in [-0.4, -0.2) is 24.4 Å². The molecule has 0 aliphatic heterocycles. The van der Waals surface area contributed by atoms with Gasteiger partial charge in [-0.2, -0.15) is 0 Å². The predicted octanol–water partition coefficient (Wildman–Crippen LogP) is 4.36. The lowest BCUT2D eigenvalue weighted by Gasteiger charge is -2.21. The molecule has 1 heterocycles. The molecule has 0 fully saturated rings. The lowest BCUT2D eigenvalue weighted by Crippen LogP contribution is -2.37. The Morgan fingerprint density at radius 1 is 1.07 bits per heavy atom. The maximum atomic E-state index is 13.8. The average Bonchev–Trinajstić information content (AvgIpc) is 3.17. The second-order valence-corrected chi connectivity index (χ2v) is 7.31. The highest BCUT2D eigenvalue weighted by Crippen LogP contribution is 2.26. The number of nitrogens with zero attached hydrogens (tertiary/aromatic N) is 1.